The van der Waals surface area contributed by atoms with Gasteiger partial charge < -0.3 is 15.7 Å². The first-order valence-corrected chi connectivity index (χ1v) is 8.32. The molecule has 1 saturated heterocycles. The van der Waals surface area contributed by atoms with Gasteiger partial charge in [-0.15, -0.1) is 0 Å². The van der Waals surface area contributed by atoms with Crippen molar-refractivity contribution in [3.05, 3.63) is 60.2 Å². The molecule has 0 aliphatic carbocycles. The number of aromatic hydroxyl groups is 1. The van der Waals surface area contributed by atoms with E-state index in [4.69, 9.17) is 0 Å². The minimum absolute atomic E-state index is 0.152. The number of carbonyl (C=O) groups is 1. The van der Waals surface area contributed by atoms with Gasteiger partial charge in [-0.3, -0.25) is 4.90 Å². The molecule has 24 heavy (non-hydrogen) atoms. The summed E-state index contributed by atoms with van der Waals surface area (Å²) in [5.74, 6) is 0.185. The maximum atomic E-state index is 12.1. The maximum absolute atomic E-state index is 12.1. The van der Waals surface area contributed by atoms with Crippen molar-refractivity contribution < 1.29 is 9.90 Å². The van der Waals surface area contributed by atoms with Gasteiger partial charge in [0, 0.05) is 24.8 Å². The van der Waals surface area contributed by atoms with Crippen LogP contribution in [-0.2, 0) is 6.54 Å². The first-order chi connectivity index (χ1) is 11.7. The summed E-state index contributed by atoms with van der Waals surface area (Å²) >= 11 is 0. The maximum Gasteiger partial charge on any atom is 0.319 e. The van der Waals surface area contributed by atoms with Crippen LogP contribution < -0.4 is 10.6 Å². The SMILES string of the molecule is O=C(Nc1ccc(O)cc1)NC1CCCN(Cc2ccccc2)C1. The lowest BCUT2D eigenvalue weighted by molar-refractivity contribution is 0.183. The van der Waals surface area contributed by atoms with Crippen LogP contribution in [0, 0.1) is 0 Å². The van der Waals surface area contributed by atoms with Crippen LogP contribution in [-0.4, -0.2) is 35.2 Å². The van der Waals surface area contributed by atoms with Gasteiger partial charge in [0.05, 0.1) is 0 Å². The lowest BCUT2D eigenvalue weighted by Crippen LogP contribution is -2.48. The van der Waals surface area contributed by atoms with E-state index < -0.39 is 0 Å². The Morgan fingerprint density at radius 3 is 2.62 bits per heavy atom. The molecule has 2 aromatic rings. The highest BCUT2D eigenvalue weighted by Crippen LogP contribution is 2.15. The number of rotatable bonds is 4. The number of amides is 2. The van der Waals surface area contributed by atoms with Crippen molar-refractivity contribution in [1.29, 1.82) is 0 Å². The number of hydrogen-bond acceptors (Lipinski definition) is 3. The van der Waals surface area contributed by atoms with Crippen LogP contribution in [0.3, 0.4) is 0 Å². The molecule has 2 amide bonds. The average Bonchev–Trinajstić information content (AvgIpc) is 2.58. The number of anilines is 1. The molecule has 0 bridgehead atoms. The third-order valence-electron chi connectivity index (χ3n) is 4.21. The van der Waals surface area contributed by atoms with E-state index in [9.17, 15) is 9.90 Å². The minimum Gasteiger partial charge on any atom is -0.508 e. The van der Waals surface area contributed by atoms with Gasteiger partial charge in [0.25, 0.3) is 0 Å². The van der Waals surface area contributed by atoms with E-state index in [-0.39, 0.29) is 17.8 Å². The average molecular weight is 325 g/mol. The van der Waals surface area contributed by atoms with Crippen LogP contribution in [0.25, 0.3) is 0 Å². The second kappa shape index (κ2) is 7.84. The molecule has 0 aromatic heterocycles. The fourth-order valence-electron chi connectivity index (χ4n) is 3.06. The zero-order valence-electron chi connectivity index (χ0n) is 13.6. The highest BCUT2D eigenvalue weighted by Gasteiger charge is 2.21. The van der Waals surface area contributed by atoms with E-state index in [2.05, 4.69) is 39.8 Å². The summed E-state index contributed by atoms with van der Waals surface area (Å²) in [5.41, 5.74) is 1.97. The Morgan fingerprint density at radius 2 is 1.88 bits per heavy atom. The molecule has 1 atom stereocenters. The molecule has 0 spiro atoms. The molecule has 5 heteroatoms. The smallest absolute Gasteiger partial charge is 0.319 e. The molecule has 3 N–H and O–H groups in total. The molecule has 0 saturated carbocycles. The summed E-state index contributed by atoms with van der Waals surface area (Å²) in [6.07, 6.45) is 2.07. The molecular formula is C19H23N3O2. The number of urea groups is 1. The molecule has 126 valence electrons. The number of piperidine rings is 1. The summed E-state index contributed by atoms with van der Waals surface area (Å²) in [5, 5.41) is 15.1. The molecule has 0 radical (unpaired) electrons. The van der Waals surface area contributed by atoms with Crippen LogP contribution in [0.1, 0.15) is 18.4 Å². The predicted octanol–water partition coefficient (Wildman–Crippen LogP) is 3.18. The highest BCUT2D eigenvalue weighted by atomic mass is 16.3. The molecule has 1 aliphatic heterocycles. The second-order valence-corrected chi connectivity index (χ2v) is 6.21. The number of phenols is 1. The van der Waals surface area contributed by atoms with Crippen LogP contribution >= 0.6 is 0 Å². The number of benzene rings is 2. The topological polar surface area (TPSA) is 64.6 Å². The predicted molar refractivity (Wildman–Crippen MR) is 95.0 cm³/mol. The van der Waals surface area contributed by atoms with E-state index >= 15 is 0 Å². The highest BCUT2D eigenvalue weighted by molar-refractivity contribution is 5.89. The molecule has 1 fully saturated rings. The summed E-state index contributed by atoms with van der Waals surface area (Å²) < 4.78 is 0. The second-order valence-electron chi connectivity index (χ2n) is 6.21. The summed E-state index contributed by atoms with van der Waals surface area (Å²) in [6.45, 7) is 2.84. The summed E-state index contributed by atoms with van der Waals surface area (Å²) in [4.78, 5) is 14.5. The zero-order valence-corrected chi connectivity index (χ0v) is 13.6. The number of carbonyl (C=O) groups excluding carboxylic acids is 1. The quantitative estimate of drug-likeness (QED) is 0.757. The molecular weight excluding hydrogens is 302 g/mol. The first kappa shape index (κ1) is 16.3. The Morgan fingerprint density at radius 1 is 1.12 bits per heavy atom. The molecule has 5 nitrogen and oxygen atoms in total. The van der Waals surface area contributed by atoms with Crippen LogP contribution in [0.4, 0.5) is 10.5 Å². The Hall–Kier alpha value is -2.53. The van der Waals surface area contributed by atoms with E-state index in [0.717, 1.165) is 32.5 Å². The van der Waals surface area contributed by atoms with Gasteiger partial charge in [-0.1, -0.05) is 30.3 Å². The third-order valence-corrected chi connectivity index (χ3v) is 4.21. The van der Waals surface area contributed by atoms with Crippen LogP contribution in [0.5, 0.6) is 5.75 Å². The van der Waals surface area contributed by atoms with Crippen molar-refractivity contribution in [1.82, 2.24) is 10.2 Å². The van der Waals surface area contributed by atoms with Gasteiger partial charge in [0.15, 0.2) is 0 Å². The summed E-state index contributed by atoms with van der Waals surface area (Å²) in [6, 6.07) is 16.8. The normalized spacial score (nSPS) is 18.1. The fraction of sp³-hybridized carbons (Fsp3) is 0.316. The third kappa shape index (κ3) is 4.73. The van der Waals surface area contributed by atoms with E-state index in [1.54, 1.807) is 24.3 Å². The van der Waals surface area contributed by atoms with Gasteiger partial charge >= 0.3 is 6.03 Å². The molecule has 1 heterocycles. The van der Waals surface area contributed by atoms with Gasteiger partial charge in [-0.2, -0.15) is 0 Å². The molecule has 1 aliphatic rings. The Bertz CT molecular complexity index is 658. The number of nitrogens with zero attached hydrogens (tertiary/aromatic N) is 1. The number of hydrogen-bond donors (Lipinski definition) is 3. The van der Waals surface area contributed by atoms with Gasteiger partial charge in [-0.05, 0) is 49.2 Å². The standard InChI is InChI=1S/C19H23N3O2/c23-18-10-8-16(9-11-18)20-19(24)21-17-7-4-12-22(14-17)13-15-5-2-1-3-6-15/h1-3,5-6,8-11,17,23H,4,7,12-14H2,(H2,20,21,24). The van der Waals surface area contributed by atoms with Crippen molar-refractivity contribution in [3.63, 3.8) is 0 Å². The van der Waals surface area contributed by atoms with E-state index in [1.165, 1.54) is 5.56 Å². The largest absolute Gasteiger partial charge is 0.508 e. The van der Waals surface area contributed by atoms with Crippen molar-refractivity contribution in [2.75, 3.05) is 18.4 Å². The van der Waals surface area contributed by atoms with Crippen LogP contribution in [0.15, 0.2) is 54.6 Å². The van der Waals surface area contributed by atoms with E-state index in [0.29, 0.717) is 5.69 Å². The molecule has 2 aromatic carbocycles. The summed E-state index contributed by atoms with van der Waals surface area (Å²) in [7, 11) is 0. The minimum atomic E-state index is -0.202. The van der Waals surface area contributed by atoms with Crippen molar-refractivity contribution in [2.45, 2.75) is 25.4 Å². The Balaban J connectivity index is 1.49. The lowest BCUT2D eigenvalue weighted by atomic mass is 10.0. The van der Waals surface area contributed by atoms with Gasteiger partial charge in [0.1, 0.15) is 5.75 Å². The number of nitrogens with one attached hydrogen (secondary N) is 2. The van der Waals surface area contributed by atoms with Crippen molar-refractivity contribution in [3.8, 4) is 5.75 Å². The van der Waals surface area contributed by atoms with Crippen molar-refractivity contribution in [2.24, 2.45) is 0 Å². The van der Waals surface area contributed by atoms with Gasteiger partial charge in [-0.25, -0.2) is 4.79 Å². The zero-order chi connectivity index (χ0) is 16.8. The number of phenolic OH excluding ortho intramolecular Hbond substituents is 1. The Labute approximate surface area is 142 Å². The molecule has 1 unspecified atom stereocenters. The van der Waals surface area contributed by atoms with Gasteiger partial charge in [0.2, 0.25) is 0 Å². The van der Waals surface area contributed by atoms with E-state index in [1.807, 2.05) is 6.07 Å². The van der Waals surface area contributed by atoms with Crippen molar-refractivity contribution >= 4 is 11.7 Å². The fourth-order valence-corrected chi connectivity index (χ4v) is 3.06. The first-order valence-electron chi connectivity index (χ1n) is 8.32. The monoisotopic (exact) mass is 325 g/mol. The van der Waals surface area contributed by atoms with Crippen LogP contribution in [0.2, 0.25) is 0 Å². The lowest BCUT2D eigenvalue weighted by Gasteiger charge is -2.33. The number of likely N-dealkylation sites (tertiary alicyclic amines) is 1. The Kier molecular flexibility index (Phi) is 5.33. The molecule has 3 rings (SSSR count).